The molecule has 1 aromatic heterocycles. The highest BCUT2D eigenvalue weighted by Crippen LogP contribution is 2.13. The molecule has 0 aliphatic heterocycles. The van der Waals surface area contributed by atoms with E-state index in [1.807, 2.05) is 25.1 Å². The molecule has 2 rings (SSSR count). The first-order valence-electron chi connectivity index (χ1n) is 7.30. The molecular weight excluding hydrogens is 262 g/mol. The van der Waals surface area contributed by atoms with Gasteiger partial charge in [-0.25, -0.2) is 4.98 Å². The van der Waals surface area contributed by atoms with Crippen molar-refractivity contribution in [3.8, 4) is 0 Å². The fourth-order valence-corrected chi connectivity index (χ4v) is 2.24. The van der Waals surface area contributed by atoms with Crippen LogP contribution in [0.15, 0.2) is 42.6 Å². The number of nitrogens with one attached hydrogen (secondary N) is 2. The molecule has 0 aliphatic carbocycles. The summed E-state index contributed by atoms with van der Waals surface area (Å²) >= 11 is 0. The monoisotopic (exact) mass is 283 g/mol. The maximum Gasteiger partial charge on any atom is 0.255 e. The van der Waals surface area contributed by atoms with Gasteiger partial charge >= 0.3 is 0 Å². The quantitative estimate of drug-likeness (QED) is 0.857. The first-order valence-corrected chi connectivity index (χ1v) is 7.30. The summed E-state index contributed by atoms with van der Waals surface area (Å²) in [6, 6.07) is 11.7. The SMILES string of the molecule is CCNc1ncccc1C(=O)NCc1ccccc1CC. The number of anilines is 1. The van der Waals surface area contributed by atoms with Crippen molar-refractivity contribution >= 4 is 11.7 Å². The van der Waals surface area contributed by atoms with Crippen LogP contribution in [-0.4, -0.2) is 17.4 Å². The van der Waals surface area contributed by atoms with Crippen molar-refractivity contribution in [2.24, 2.45) is 0 Å². The zero-order valence-electron chi connectivity index (χ0n) is 12.5. The number of nitrogens with zero attached hydrogens (tertiary/aromatic N) is 1. The van der Waals surface area contributed by atoms with Crippen molar-refractivity contribution < 1.29 is 4.79 Å². The topological polar surface area (TPSA) is 54.0 Å². The number of benzene rings is 1. The number of hydrogen-bond donors (Lipinski definition) is 2. The fourth-order valence-electron chi connectivity index (χ4n) is 2.24. The highest BCUT2D eigenvalue weighted by Gasteiger charge is 2.11. The van der Waals surface area contributed by atoms with Gasteiger partial charge in [-0.05, 0) is 36.6 Å². The summed E-state index contributed by atoms with van der Waals surface area (Å²) < 4.78 is 0. The highest BCUT2D eigenvalue weighted by molar-refractivity contribution is 5.98. The largest absolute Gasteiger partial charge is 0.370 e. The summed E-state index contributed by atoms with van der Waals surface area (Å²) in [5.41, 5.74) is 2.99. The Morgan fingerprint density at radius 1 is 1.10 bits per heavy atom. The minimum absolute atomic E-state index is 0.107. The smallest absolute Gasteiger partial charge is 0.255 e. The van der Waals surface area contributed by atoms with Gasteiger partial charge in [0, 0.05) is 19.3 Å². The molecule has 0 atom stereocenters. The van der Waals surface area contributed by atoms with E-state index in [0.717, 1.165) is 18.5 Å². The van der Waals surface area contributed by atoms with Crippen LogP contribution in [-0.2, 0) is 13.0 Å². The van der Waals surface area contributed by atoms with Gasteiger partial charge in [0.25, 0.3) is 5.91 Å². The van der Waals surface area contributed by atoms with Gasteiger partial charge in [-0.2, -0.15) is 0 Å². The van der Waals surface area contributed by atoms with E-state index in [-0.39, 0.29) is 5.91 Å². The van der Waals surface area contributed by atoms with Crippen LogP contribution in [0.4, 0.5) is 5.82 Å². The molecule has 0 radical (unpaired) electrons. The number of carbonyl (C=O) groups is 1. The van der Waals surface area contributed by atoms with E-state index in [9.17, 15) is 4.79 Å². The summed E-state index contributed by atoms with van der Waals surface area (Å²) in [4.78, 5) is 16.5. The van der Waals surface area contributed by atoms with Gasteiger partial charge in [0.1, 0.15) is 5.82 Å². The predicted molar refractivity (Wildman–Crippen MR) is 85.4 cm³/mol. The average molecular weight is 283 g/mol. The molecule has 110 valence electrons. The molecule has 0 bridgehead atoms. The fraction of sp³-hybridized carbons (Fsp3) is 0.294. The van der Waals surface area contributed by atoms with E-state index in [1.165, 1.54) is 5.56 Å². The number of carbonyl (C=O) groups excluding carboxylic acids is 1. The van der Waals surface area contributed by atoms with Gasteiger partial charge in [0.05, 0.1) is 5.56 Å². The predicted octanol–water partition coefficient (Wildman–Crippen LogP) is 3.01. The van der Waals surface area contributed by atoms with Gasteiger partial charge in [-0.1, -0.05) is 31.2 Å². The second-order valence-corrected chi connectivity index (χ2v) is 4.73. The normalized spacial score (nSPS) is 10.2. The van der Waals surface area contributed by atoms with Crippen molar-refractivity contribution in [2.75, 3.05) is 11.9 Å². The molecule has 4 nitrogen and oxygen atoms in total. The van der Waals surface area contributed by atoms with E-state index in [2.05, 4.69) is 28.6 Å². The minimum atomic E-state index is -0.107. The van der Waals surface area contributed by atoms with Crippen molar-refractivity contribution in [1.82, 2.24) is 10.3 Å². The Balaban J connectivity index is 2.08. The van der Waals surface area contributed by atoms with Crippen LogP contribution >= 0.6 is 0 Å². The Kier molecular flexibility index (Phi) is 5.32. The summed E-state index contributed by atoms with van der Waals surface area (Å²) in [6.45, 7) is 5.36. The van der Waals surface area contributed by atoms with Crippen LogP contribution in [0.3, 0.4) is 0 Å². The van der Waals surface area contributed by atoms with Crippen molar-refractivity contribution in [2.45, 2.75) is 26.8 Å². The van der Waals surface area contributed by atoms with Crippen LogP contribution in [0, 0.1) is 0 Å². The molecule has 2 N–H and O–H groups in total. The summed E-state index contributed by atoms with van der Waals surface area (Å²) in [7, 11) is 0. The van der Waals surface area contributed by atoms with Crippen molar-refractivity contribution in [3.05, 3.63) is 59.3 Å². The Morgan fingerprint density at radius 2 is 1.86 bits per heavy atom. The van der Waals surface area contributed by atoms with Crippen LogP contribution in [0.1, 0.15) is 35.3 Å². The van der Waals surface area contributed by atoms with Crippen LogP contribution in [0.25, 0.3) is 0 Å². The molecule has 1 aromatic carbocycles. The zero-order chi connectivity index (χ0) is 15.1. The lowest BCUT2D eigenvalue weighted by Gasteiger charge is -2.11. The molecular formula is C17H21N3O. The maximum absolute atomic E-state index is 12.3. The van der Waals surface area contributed by atoms with Gasteiger partial charge in [-0.15, -0.1) is 0 Å². The Morgan fingerprint density at radius 3 is 2.57 bits per heavy atom. The third kappa shape index (κ3) is 3.81. The summed E-state index contributed by atoms with van der Waals surface area (Å²) in [5, 5.41) is 6.08. The standard InChI is InChI=1S/C17H21N3O/c1-3-13-8-5-6-9-14(13)12-20-17(21)15-10-7-11-19-16(15)18-4-2/h5-11H,3-4,12H2,1-2H3,(H,18,19)(H,20,21). The highest BCUT2D eigenvalue weighted by atomic mass is 16.1. The third-order valence-electron chi connectivity index (χ3n) is 3.34. The van der Waals surface area contributed by atoms with Gasteiger partial charge in [0.15, 0.2) is 0 Å². The number of amides is 1. The van der Waals surface area contributed by atoms with Crippen LogP contribution < -0.4 is 10.6 Å². The molecule has 21 heavy (non-hydrogen) atoms. The van der Waals surface area contributed by atoms with Gasteiger partial charge in [-0.3, -0.25) is 4.79 Å². The average Bonchev–Trinajstić information content (AvgIpc) is 2.53. The van der Waals surface area contributed by atoms with Crippen molar-refractivity contribution in [1.29, 1.82) is 0 Å². The second-order valence-electron chi connectivity index (χ2n) is 4.73. The molecule has 0 unspecified atom stereocenters. The molecule has 0 saturated heterocycles. The molecule has 0 aliphatic rings. The summed E-state index contributed by atoms with van der Waals surface area (Å²) in [6.07, 6.45) is 2.64. The number of hydrogen-bond acceptors (Lipinski definition) is 3. The van der Waals surface area contributed by atoms with Gasteiger partial charge in [0.2, 0.25) is 0 Å². The second kappa shape index (κ2) is 7.43. The van der Waals surface area contributed by atoms with Crippen molar-refractivity contribution in [3.63, 3.8) is 0 Å². The van der Waals surface area contributed by atoms with Gasteiger partial charge < -0.3 is 10.6 Å². The molecule has 0 fully saturated rings. The Bertz CT molecular complexity index is 610. The molecule has 0 spiro atoms. The lowest BCUT2D eigenvalue weighted by atomic mass is 10.1. The zero-order valence-corrected chi connectivity index (χ0v) is 12.5. The number of pyridine rings is 1. The Hall–Kier alpha value is -2.36. The number of aryl methyl sites for hydroxylation is 1. The lowest BCUT2D eigenvalue weighted by molar-refractivity contribution is 0.0951. The maximum atomic E-state index is 12.3. The van der Waals surface area contributed by atoms with E-state index < -0.39 is 0 Å². The first kappa shape index (κ1) is 15.0. The van der Waals surface area contributed by atoms with E-state index >= 15 is 0 Å². The molecule has 1 heterocycles. The van der Waals surface area contributed by atoms with E-state index in [1.54, 1.807) is 18.3 Å². The number of rotatable bonds is 6. The van der Waals surface area contributed by atoms with E-state index in [0.29, 0.717) is 17.9 Å². The van der Waals surface area contributed by atoms with E-state index in [4.69, 9.17) is 0 Å². The summed E-state index contributed by atoms with van der Waals surface area (Å²) in [5.74, 6) is 0.520. The lowest BCUT2D eigenvalue weighted by Crippen LogP contribution is -2.24. The molecule has 2 aromatic rings. The molecule has 4 heteroatoms. The third-order valence-corrected chi connectivity index (χ3v) is 3.34. The first-order chi connectivity index (χ1) is 10.3. The Labute approximate surface area is 125 Å². The molecule has 1 amide bonds. The minimum Gasteiger partial charge on any atom is -0.370 e. The van der Waals surface area contributed by atoms with Crippen LogP contribution in [0.5, 0.6) is 0 Å². The van der Waals surface area contributed by atoms with Crippen LogP contribution in [0.2, 0.25) is 0 Å². The number of aromatic nitrogens is 1. The molecule has 0 saturated carbocycles.